The lowest BCUT2D eigenvalue weighted by molar-refractivity contribution is 0.0118. The van der Waals surface area contributed by atoms with Gasteiger partial charge in [0.05, 0.1) is 23.1 Å². The molecule has 2 atom stereocenters. The van der Waals surface area contributed by atoms with Crippen LogP contribution in [0, 0.1) is 0 Å². The Balaban J connectivity index is 2.13. The van der Waals surface area contributed by atoms with E-state index in [1.165, 1.54) is 20.8 Å². The van der Waals surface area contributed by atoms with E-state index >= 15 is 0 Å². The molecule has 0 unspecified atom stereocenters. The van der Waals surface area contributed by atoms with Gasteiger partial charge in [0.25, 0.3) is 24.2 Å². The molecule has 38 heavy (non-hydrogen) atoms. The van der Waals surface area contributed by atoms with Crippen molar-refractivity contribution in [2.24, 2.45) is 0 Å². The van der Waals surface area contributed by atoms with E-state index in [1.54, 1.807) is 6.92 Å². The third-order valence-electron chi connectivity index (χ3n) is 6.14. The molecule has 1 aliphatic heterocycles. The number of amides is 2. The van der Waals surface area contributed by atoms with Gasteiger partial charge in [-0.1, -0.05) is 0 Å². The Bertz CT molecular complexity index is 1210. The highest BCUT2D eigenvalue weighted by atomic mass is 32.1. The molecule has 0 aromatic carbocycles. The number of pyridine rings is 1. The number of aliphatic hydroxyl groups is 1. The average molecular weight is 560 g/mol. The van der Waals surface area contributed by atoms with Gasteiger partial charge in [-0.3, -0.25) is 9.59 Å². The van der Waals surface area contributed by atoms with Gasteiger partial charge in [0.2, 0.25) is 0 Å². The van der Waals surface area contributed by atoms with E-state index in [1.807, 2.05) is 20.8 Å². The Kier molecular flexibility index (Phi) is 8.14. The fraction of sp³-hybridized carbons (Fsp3) is 0.600. The summed E-state index contributed by atoms with van der Waals surface area (Å²) in [6, 6.07) is -0.396. The number of carbonyl (C=O) groups excluding carboxylic acids is 2. The Morgan fingerprint density at radius 2 is 1.87 bits per heavy atom. The van der Waals surface area contributed by atoms with Gasteiger partial charge in [-0.25, -0.2) is 27.5 Å². The van der Waals surface area contributed by atoms with Crippen molar-refractivity contribution in [3.8, 4) is 10.4 Å². The van der Waals surface area contributed by atoms with Gasteiger partial charge < -0.3 is 20.6 Å². The summed E-state index contributed by atoms with van der Waals surface area (Å²) in [5.41, 5.74) is -2.73. The van der Waals surface area contributed by atoms with Crippen molar-refractivity contribution in [1.82, 2.24) is 20.2 Å². The lowest BCUT2D eigenvalue weighted by Gasteiger charge is -2.26. The number of aromatic nitrogens is 2. The van der Waals surface area contributed by atoms with E-state index in [0.717, 1.165) is 17.2 Å². The summed E-state index contributed by atoms with van der Waals surface area (Å²) in [4.78, 5) is 35.6. The minimum atomic E-state index is -3.11. The number of anilines is 1. The van der Waals surface area contributed by atoms with Gasteiger partial charge in [-0.2, -0.15) is 0 Å². The molecule has 1 fully saturated rings. The highest BCUT2D eigenvalue weighted by Gasteiger charge is 2.46. The summed E-state index contributed by atoms with van der Waals surface area (Å²) in [5.74, 6) is -4.57. The molecule has 0 bridgehead atoms. The first-order valence-electron chi connectivity index (χ1n) is 12.1. The van der Waals surface area contributed by atoms with Crippen LogP contribution in [0.4, 0.5) is 23.4 Å². The molecule has 1 saturated heterocycles. The maximum atomic E-state index is 14.2. The number of alkyl halides is 4. The van der Waals surface area contributed by atoms with Crippen LogP contribution in [0.25, 0.3) is 10.4 Å². The van der Waals surface area contributed by atoms with E-state index in [9.17, 15) is 32.3 Å². The third-order valence-corrected chi connectivity index (χ3v) is 7.23. The van der Waals surface area contributed by atoms with Crippen LogP contribution >= 0.6 is 11.3 Å². The largest absolute Gasteiger partial charge is 0.388 e. The Labute approximate surface area is 222 Å². The Morgan fingerprint density at radius 1 is 1.24 bits per heavy atom. The molecule has 210 valence electrons. The van der Waals surface area contributed by atoms with Crippen molar-refractivity contribution in [2.75, 3.05) is 11.9 Å². The number of halogens is 4. The molecule has 3 N–H and O–H groups in total. The number of hydrogen-bond acceptors (Lipinski definition) is 7. The second kappa shape index (κ2) is 10.4. The van der Waals surface area contributed by atoms with Crippen molar-refractivity contribution in [3.63, 3.8) is 0 Å². The van der Waals surface area contributed by atoms with E-state index in [0.29, 0.717) is 11.3 Å². The summed E-state index contributed by atoms with van der Waals surface area (Å²) in [6.07, 6.45) is -2.37. The first-order valence-corrected chi connectivity index (χ1v) is 12.9. The van der Waals surface area contributed by atoms with E-state index in [-0.39, 0.29) is 27.0 Å². The molecule has 1 aliphatic rings. The maximum Gasteiger partial charge on any atom is 0.280 e. The molecule has 8 nitrogen and oxygen atoms in total. The summed E-state index contributed by atoms with van der Waals surface area (Å²) >= 11 is 0.679. The first-order chi connectivity index (χ1) is 17.3. The molecule has 2 amide bonds. The number of nitrogens with zero attached hydrogens (tertiary/aromatic N) is 3. The summed E-state index contributed by atoms with van der Waals surface area (Å²) in [5, 5.41) is 15.5. The number of nitrogens with one attached hydrogen (secondary N) is 2. The molecule has 0 aliphatic carbocycles. The molecule has 2 aromatic heterocycles. The summed E-state index contributed by atoms with van der Waals surface area (Å²) in [6.45, 7) is 10.6. The van der Waals surface area contributed by atoms with Crippen LogP contribution in [0.2, 0.25) is 0 Å². The van der Waals surface area contributed by atoms with Crippen molar-refractivity contribution < 1.29 is 32.3 Å². The molecule has 0 radical (unpaired) electrons. The highest BCUT2D eigenvalue weighted by Crippen LogP contribution is 2.40. The van der Waals surface area contributed by atoms with Gasteiger partial charge in [0.15, 0.2) is 5.01 Å². The van der Waals surface area contributed by atoms with Gasteiger partial charge >= 0.3 is 0 Å². The molecular weight excluding hydrogens is 526 g/mol. The standard InChI is InChI=1S/C25H33F4N5O3S/c1-12-9-25(28,29)11-34(12)22(36)17-18(38-21(32-17)20(35)31-13(2)24(6,7)37)15-10-30-16(33-23(3,4)5)8-14(15)19(26)27/h8,10,12-13,19,37H,9,11H2,1-7H3,(H,30,33)(H,31,35)/t12-,13-/m0/s1. The number of likely N-dealkylation sites (tertiary alicyclic amines) is 1. The van der Waals surface area contributed by atoms with Gasteiger partial charge in [-0.15, -0.1) is 11.3 Å². The van der Waals surface area contributed by atoms with Crippen LogP contribution in [0.1, 0.15) is 87.2 Å². The monoisotopic (exact) mass is 559 g/mol. The number of carbonyl (C=O) groups is 2. The van der Waals surface area contributed by atoms with Gasteiger partial charge in [0, 0.05) is 35.3 Å². The van der Waals surface area contributed by atoms with Crippen molar-refractivity contribution in [3.05, 3.63) is 28.5 Å². The second-order valence-electron chi connectivity index (χ2n) is 11.2. The molecule has 3 heterocycles. The summed E-state index contributed by atoms with van der Waals surface area (Å²) in [7, 11) is 0. The van der Waals surface area contributed by atoms with Crippen LogP contribution in [0.15, 0.2) is 12.3 Å². The number of thiazole rings is 1. The Hall–Kier alpha value is -2.80. The zero-order valence-corrected chi connectivity index (χ0v) is 23.1. The van der Waals surface area contributed by atoms with Crippen LogP contribution in [-0.2, 0) is 0 Å². The van der Waals surface area contributed by atoms with Crippen LogP contribution in [0.3, 0.4) is 0 Å². The molecular formula is C25H33F4N5O3S. The van der Waals surface area contributed by atoms with E-state index < -0.39 is 65.9 Å². The SMILES string of the molecule is C[C@H](NC(=O)c1nc(C(=O)N2CC(F)(F)C[C@@H]2C)c(-c2cnc(NC(C)(C)C)cc2C(F)F)s1)C(C)(C)O. The lowest BCUT2D eigenvalue weighted by Crippen LogP contribution is -2.47. The predicted octanol–water partition coefficient (Wildman–Crippen LogP) is 5.11. The maximum absolute atomic E-state index is 14.2. The van der Waals surface area contributed by atoms with Crippen LogP contribution < -0.4 is 10.6 Å². The Morgan fingerprint density at radius 3 is 2.37 bits per heavy atom. The smallest absolute Gasteiger partial charge is 0.280 e. The zero-order valence-electron chi connectivity index (χ0n) is 22.3. The van der Waals surface area contributed by atoms with Crippen molar-refractivity contribution >= 4 is 29.0 Å². The first kappa shape index (κ1) is 29.8. The quantitative estimate of drug-likeness (QED) is 0.407. The molecule has 13 heteroatoms. The second-order valence-corrected chi connectivity index (χ2v) is 12.2. The fourth-order valence-corrected chi connectivity index (χ4v) is 4.89. The van der Waals surface area contributed by atoms with Crippen LogP contribution in [0.5, 0.6) is 0 Å². The lowest BCUT2D eigenvalue weighted by atomic mass is 10.0. The molecule has 3 rings (SSSR count). The van der Waals surface area contributed by atoms with Gasteiger partial charge in [-0.05, 0) is 54.5 Å². The third kappa shape index (κ3) is 6.79. The highest BCUT2D eigenvalue weighted by molar-refractivity contribution is 7.17. The normalized spacial score (nSPS) is 18.6. The molecule has 2 aromatic rings. The summed E-state index contributed by atoms with van der Waals surface area (Å²) < 4.78 is 56.6. The van der Waals surface area contributed by atoms with Crippen LogP contribution in [-0.4, -0.2) is 67.5 Å². The minimum absolute atomic E-state index is 0.0800. The van der Waals surface area contributed by atoms with Crippen molar-refractivity contribution in [1.29, 1.82) is 0 Å². The minimum Gasteiger partial charge on any atom is -0.388 e. The van der Waals surface area contributed by atoms with E-state index in [4.69, 9.17) is 0 Å². The fourth-order valence-electron chi connectivity index (χ4n) is 3.89. The molecule has 0 saturated carbocycles. The van der Waals surface area contributed by atoms with E-state index in [2.05, 4.69) is 20.6 Å². The zero-order chi connectivity index (χ0) is 28.8. The van der Waals surface area contributed by atoms with Gasteiger partial charge in [0.1, 0.15) is 11.5 Å². The topological polar surface area (TPSA) is 107 Å². The predicted molar refractivity (Wildman–Crippen MR) is 137 cm³/mol. The number of hydrogen-bond donors (Lipinski definition) is 3. The average Bonchev–Trinajstić information content (AvgIpc) is 3.31. The van der Waals surface area contributed by atoms with Crippen molar-refractivity contribution in [2.45, 2.75) is 90.5 Å². The molecule has 0 spiro atoms. The number of rotatable bonds is 7.